The third-order valence-electron chi connectivity index (χ3n) is 5.61. The van der Waals surface area contributed by atoms with Crippen LogP contribution in [0.4, 0.5) is 5.69 Å². The molecule has 0 aromatic carbocycles. The van der Waals surface area contributed by atoms with Gasteiger partial charge in [-0.25, -0.2) is 9.97 Å². The number of rotatable bonds is 5. The van der Waals surface area contributed by atoms with Crippen molar-refractivity contribution >= 4 is 33.7 Å². The second-order valence-corrected chi connectivity index (χ2v) is 7.91. The molecule has 10 heteroatoms. The SMILES string of the molecule is CCC(=O)Nc1cncc(-c2ccc3[nH]nc(-c4nc5c(-c6cccnc6)nccc5[nH]4)c3n2)c1. The fourth-order valence-electron chi connectivity index (χ4n) is 3.88. The van der Waals surface area contributed by atoms with Crippen molar-refractivity contribution in [2.24, 2.45) is 0 Å². The van der Waals surface area contributed by atoms with Crippen LogP contribution in [0.15, 0.2) is 67.4 Å². The number of amides is 1. The van der Waals surface area contributed by atoms with E-state index in [9.17, 15) is 4.79 Å². The fourth-order valence-corrected chi connectivity index (χ4v) is 3.88. The number of nitrogens with one attached hydrogen (secondary N) is 3. The molecule has 0 atom stereocenters. The lowest BCUT2D eigenvalue weighted by Gasteiger charge is -2.06. The highest BCUT2D eigenvalue weighted by atomic mass is 16.1. The minimum Gasteiger partial charge on any atom is -0.336 e. The van der Waals surface area contributed by atoms with Crippen LogP contribution >= 0.6 is 0 Å². The zero-order chi connectivity index (χ0) is 23.8. The quantitative estimate of drug-likeness (QED) is 0.346. The molecule has 10 nitrogen and oxygen atoms in total. The molecule has 6 rings (SSSR count). The number of hydrogen-bond acceptors (Lipinski definition) is 7. The van der Waals surface area contributed by atoms with Gasteiger partial charge in [-0.2, -0.15) is 5.10 Å². The lowest BCUT2D eigenvalue weighted by Crippen LogP contribution is -2.09. The first kappa shape index (κ1) is 20.6. The van der Waals surface area contributed by atoms with E-state index in [-0.39, 0.29) is 5.91 Å². The average Bonchev–Trinajstić information content (AvgIpc) is 3.53. The molecule has 0 bridgehead atoms. The van der Waals surface area contributed by atoms with E-state index in [4.69, 9.17) is 9.97 Å². The fraction of sp³-hybridized carbons (Fsp3) is 0.0800. The summed E-state index contributed by atoms with van der Waals surface area (Å²) in [7, 11) is 0. The molecular weight excluding hydrogens is 442 g/mol. The lowest BCUT2D eigenvalue weighted by atomic mass is 10.1. The maximum Gasteiger partial charge on any atom is 0.224 e. The van der Waals surface area contributed by atoms with Crippen molar-refractivity contribution in [2.75, 3.05) is 5.32 Å². The summed E-state index contributed by atoms with van der Waals surface area (Å²) in [6.07, 6.45) is 8.94. The lowest BCUT2D eigenvalue weighted by molar-refractivity contribution is -0.115. The molecule has 0 radical (unpaired) electrons. The van der Waals surface area contributed by atoms with E-state index in [1.54, 1.807) is 37.9 Å². The number of fused-ring (bicyclic) bond motifs is 2. The normalized spacial score (nSPS) is 11.2. The summed E-state index contributed by atoms with van der Waals surface area (Å²) in [6, 6.07) is 11.3. The van der Waals surface area contributed by atoms with E-state index in [0.29, 0.717) is 34.8 Å². The second kappa shape index (κ2) is 8.41. The Morgan fingerprint density at radius 1 is 0.914 bits per heavy atom. The molecule has 0 aliphatic heterocycles. The maximum absolute atomic E-state index is 11.8. The van der Waals surface area contributed by atoms with E-state index in [2.05, 4.69) is 35.5 Å². The molecule has 0 spiro atoms. The first-order valence-electron chi connectivity index (χ1n) is 11.1. The number of anilines is 1. The molecule has 170 valence electrons. The highest BCUT2D eigenvalue weighted by Crippen LogP contribution is 2.30. The van der Waals surface area contributed by atoms with Crippen molar-refractivity contribution in [1.82, 2.24) is 40.1 Å². The van der Waals surface area contributed by atoms with Crippen LogP contribution in [0.1, 0.15) is 13.3 Å². The van der Waals surface area contributed by atoms with Crippen molar-refractivity contribution < 1.29 is 4.79 Å². The Kier molecular flexibility index (Phi) is 4.95. The van der Waals surface area contributed by atoms with E-state index in [1.807, 2.05) is 36.4 Å². The molecule has 0 saturated heterocycles. The van der Waals surface area contributed by atoms with Gasteiger partial charge in [0.2, 0.25) is 5.91 Å². The Morgan fingerprint density at radius 2 is 1.80 bits per heavy atom. The van der Waals surface area contributed by atoms with Crippen molar-refractivity contribution in [1.29, 1.82) is 0 Å². The highest BCUT2D eigenvalue weighted by Gasteiger charge is 2.17. The van der Waals surface area contributed by atoms with Gasteiger partial charge in [0.05, 0.1) is 34.3 Å². The zero-order valence-corrected chi connectivity index (χ0v) is 18.6. The van der Waals surface area contributed by atoms with Gasteiger partial charge in [0.15, 0.2) is 11.5 Å². The molecule has 1 amide bonds. The highest BCUT2D eigenvalue weighted by molar-refractivity contribution is 5.95. The first-order valence-corrected chi connectivity index (χ1v) is 11.1. The molecule has 0 unspecified atom stereocenters. The van der Waals surface area contributed by atoms with Gasteiger partial charge < -0.3 is 10.3 Å². The van der Waals surface area contributed by atoms with Crippen LogP contribution in [-0.4, -0.2) is 46.0 Å². The number of imidazole rings is 1. The summed E-state index contributed by atoms with van der Waals surface area (Å²) >= 11 is 0. The summed E-state index contributed by atoms with van der Waals surface area (Å²) in [5.74, 6) is 0.505. The molecule has 0 saturated carbocycles. The minimum atomic E-state index is -0.0745. The van der Waals surface area contributed by atoms with Crippen molar-refractivity contribution in [3.8, 4) is 34.0 Å². The van der Waals surface area contributed by atoms with E-state index < -0.39 is 0 Å². The molecule has 0 aliphatic rings. The predicted molar refractivity (Wildman–Crippen MR) is 132 cm³/mol. The number of nitrogens with zero attached hydrogens (tertiary/aromatic N) is 6. The Balaban J connectivity index is 1.43. The second-order valence-electron chi connectivity index (χ2n) is 7.91. The van der Waals surface area contributed by atoms with Crippen LogP contribution in [0, 0.1) is 0 Å². The van der Waals surface area contributed by atoms with Crippen LogP contribution < -0.4 is 5.32 Å². The van der Waals surface area contributed by atoms with E-state index >= 15 is 0 Å². The summed E-state index contributed by atoms with van der Waals surface area (Å²) < 4.78 is 0. The Labute approximate surface area is 198 Å². The molecule has 0 aliphatic carbocycles. The van der Waals surface area contributed by atoms with Gasteiger partial charge >= 0.3 is 0 Å². The Bertz CT molecular complexity index is 1690. The Morgan fingerprint density at radius 3 is 2.66 bits per heavy atom. The largest absolute Gasteiger partial charge is 0.336 e. The molecule has 35 heavy (non-hydrogen) atoms. The van der Waals surface area contributed by atoms with Crippen molar-refractivity contribution in [3.05, 3.63) is 67.4 Å². The molecular formula is C25H19N9O. The smallest absolute Gasteiger partial charge is 0.224 e. The minimum absolute atomic E-state index is 0.0745. The van der Waals surface area contributed by atoms with Gasteiger partial charge in [0, 0.05) is 42.3 Å². The molecule has 3 N–H and O–H groups in total. The van der Waals surface area contributed by atoms with Crippen LogP contribution in [0.5, 0.6) is 0 Å². The van der Waals surface area contributed by atoms with Crippen LogP contribution in [-0.2, 0) is 4.79 Å². The number of hydrogen-bond donors (Lipinski definition) is 3. The van der Waals surface area contributed by atoms with Gasteiger partial charge in [-0.15, -0.1) is 0 Å². The number of carbonyl (C=O) groups is 1. The third kappa shape index (κ3) is 3.76. The summed E-state index contributed by atoms with van der Waals surface area (Å²) in [4.78, 5) is 37.7. The van der Waals surface area contributed by atoms with Gasteiger partial charge in [-0.3, -0.25) is 24.8 Å². The van der Waals surface area contributed by atoms with Gasteiger partial charge in [-0.05, 0) is 36.4 Å². The average molecular weight is 461 g/mol. The zero-order valence-electron chi connectivity index (χ0n) is 18.6. The standard InChI is InChI=1S/C25H19N9O/c1-2-20(35)29-16-10-15(12-27-13-16)17-5-6-19-23(30-17)24(34-33-19)25-31-18-7-9-28-21(22(18)32-25)14-4-3-8-26-11-14/h3-13H,2H2,1H3,(H,29,35)(H,31,32)(H,33,34). The van der Waals surface area contributed by atoms with Gasteiger partial charge in [0.1, 0.15) is 11.0 Å². The van der Waals surface area contributed by atoms with E-state index in [1.165, 1.54) is 0 Å². The topological polar surface area (TPSA) is 138 Å². The third-order valence-corrected chi connectivity index (χ3v) is 5.61. The Hall–Kier alpha value is -4.99. The van der Waals surface area contributed by atoms with Crippen molar-refractivity contribution in [2.45, 2.75) is 13.3 Å². The van der Waals surface area contributed by atoms with Crippen molar-refractivity contribution in [3.63, 3.8) is 0 Å². The summed E-state index contributed by atoms with van der Waals surface area (Å²) in [5, 5.41) is 10.3. The number of H-pyrrole nitrogens is 2. The first-order chi connectivity index (χ1) is 17.2. The van der Waals surface area contributed by atoms with E-state index in [0.717, 1.165) is 33.4 Å². The van der Waals surface area contributed by atoms with Gasteiger partial charge in [0.25, 0.3) is 0 Å². The molecule has 6 aromatic rings. The number of carbonyl (C=O) groups excluding carboxylic acids is 1. The summed E-state index contributed by atoms with van der Waals surface area (Å²) in [6.45, 7) is 1.80. The number of aromatic nitrogens is 8. The number of aromatic amines is 2. The maximum atomic E-state index is 11.8. The monoisotopic (exact) mass is 461 g/mol. The van der Waals surface area contributed by atoms with Crippen LogP contribution in [0.2, 0.25) is 0 Å². The van der Waals surface area contributed by atoms with Crippen LogP contribution in [0.25, 0.3) is 56.1 Å². The van der Waals surface area contributed by atoms with Gasteiger partial charge in [-0.1, -0.05) is 6.92 Å². The van der Waals surface area contributed by atoms with Crippen LogP contribution in [0.3, 0.4) is 0 Å². The molecule has 6 heterocycles. The summed E-state index contributed by atoms with van der Waals surface area (Å²) in [5.41, 5.74) is 7.33. The molecule has 0 fully saturated rings. The number of pyridine rings is 4. The predicted octanol–water partition coefficient (Wildman–Crippen LogP) is 4.37. The molecule has 6 aromatic heterocycles.